The van der Waals surface area contributed by atoms with E-state index in [1.165, 1.54) is 38.5 Å². The molecule has 0 radical (unpaired) electrons. The Morgan fingerprint density at radius 1 is 1.19 bits per heavy atom. The van der Waals surface area contributed by atoms with Gasteiger partial charge >= 0.3 is 37.9 Å². The standard InChI is InChI=1S/C20H27NO2.2ClH.Zr/c1-3-21-12-16-7-17(23-2)8-18(19(16)22)20-9-13-4-14(10-20)6-15(5-13)11-20;;;/h7-8,12-15,22H,3-6,9-11H2,1-2H3;2*1H;/q;;;+2/p-2. The van der Waals surface area contributed by atoms with Crippen LogP contribution in [0.3, 0.4) is 0 Å². The molecule has 0 heterocycles. The fraction of sp³-hybridized carbons (Fsp3) is 0.650. The van der Waals surface area contributed by atoms with Gasteiger partial charge in [0, 0.05) is 23.9 Å². The van der Waals surface area contributed by atoms with Gasteiger partial charge in [-0.3, -0.25) is 4.99 Å². The third kappa shape index (κ3) is 4.18. The molecule has 4 aliphatic rings. The van der Waals surface area contributed by atoms with Crippen molar-refractivity contribution in [2.24, 2.45) is 22.7 Å². The van der Waals surface area contributed by atoms with Crippen molar-refractivity contribution in [2.45, 2.75) is 50.9 Å². The van der Waals surface area contributed by atoms with Gasteiger partial charge in [-0.25, -0.2) is 0 Å². The molecule has 0 aliphatic heterocycles. The van der Waals surface area contributed by atoms with Crippen LogP contribution >= 0.6 is 17.0 Å². The number of benzene rings is 1. The van der Waals surface area contributed by atoms with Crippen LogP contribution in [0.25, 0.3) is 0 Å². The molecule has 0 atom stereocenters. The number of nitrogens with zero attached hydrogens (tertiary/aromatic N) is 1. The average Bonchev–Trinajstić information content (AvgIpc) is 2.60. The number of phenols is 1. The van der Waals surface area contributed by atoms with Gasteiger partial charge in [0.15, 0.2) is 0 Å². The average molecular weight is 476 g/mol. The van der Waals surface area contributed by atoms with E-state index in [1.807, 2.05) is 13.0 Å². The Kier molecular flexibility index (Phi) is 7.13. The number of hydrogen-bond acceptors (Lipinski definition) is 3. The van der Waals surface area contributed by atoms with Crippen molar-refractivity contribution < 1.29 is 30.7 Å². The predicted octanol–water partition coefficient (Wildman–Crippen LogP) is 5.68. The molecule has 0 aromatic heterocycles. The summed E-state index contributed by atoms with van der Waals surface area (Å²) >= 11 is -0.826. The maximum absolute atomic E-state index is 10.9. The van der Waals surface area contributed by atoms with Gasteiger partial charge < -0.3 is 9.84 Å². The molecular formula is C20H27Cl2NO2Zr. The molecule has 26 heavy (non-hydrogen) atoms. The van der Waals surface area contributed by atoms with Gasteiger partial charge in [0.2, 0.25) is 0 Å². The molecule has 0 spiro atoms. The third-order valence-electron chi connectivity index (χ3n) is 6.37. The molecule has 3 nitrogen and oxygen atoms in total. The van der Waals surface area contributed by atoms with E-state index in [-0.39, 0.29) is 5.41 Å². The molecule has 0 saturated heterocycles. The molecule has 5 rings (SSSR count). The Bertz CT molecular complexity index is 630. The quantitative estimate of drug-likeness (QED) is 0.569. The number of ether oxygens (including phenoxy) is 1. The van der Waals surface area contributed by atoms with Crippen molar-refractivity contribution in [2.75, 3.05) is 13.7 Å². The van der Waals surface area contributed by atoms with E-state index in [9.17, 15) is 5.11 Å². The first-order chi connectivity index (χ1) is 12.5. The van der Waals surface area contributed by atoms with E-state index in [2.05, 4.69) is 11.1 Å². The zero-order valence-electron chi connectivity index (χ0n) is 15.5. The molecule has 1 aromatic rings. The van der Waals surface area contributed by atoms with Gasteiger partial charge in [-0.1, -0.05) is 0 Å². The number of aromatic hydroxyl groups is 1. The van der Waals surface area contributed by atoms with Crippen molar-refractivity contribution in [1.82, 2.24) is 0 Å². The summed E-state index contributed by atoms with van der Waals surface area (Å²) in [6, 6.07) is 3.99. The van der Waals surface area contributed by atoms with Crippen LogP contribution in [0, 0.1) is 17.8 Å². The van der Waals surface area contributed by atoms with Crippen LogP contribution in [0.5, 0.6) is 11.5 Å². The molecule has 4 saturated carbocycles. The molecule has 4 fully saturated rings. The van der Waals surface area contributed by atoms with Gasteiger partial charge in [0.1, 0.15) is 11.5 Å². The first kappa shape index (κ1) is 20.7. The van der Waals surface area contributed by atoms with Crippen LogP contribution in [0.4, 0.5) is 0 Å². The molecule has 4 bridgehead atoms. The summed E-state index contributed by atoms with van der Waals surface area (Å²) in [5, 5.41) is 10.9. The van der Waals surface area contributed by atoms with E-state index in [0.29, 0.717) is 5.75 Å². The maximum atomic E-state index is 10.9. The van der Waals surface area contributed by atoms with E-state index >= 15 is 0 Å². The Morgan fingerprint density at radius 3 is 2.19 bits per heavy atom. The second kappa shape index (κ2) is 8.97. The number of rotatable bonds is 4. The summed E-state index contributed by atoms with van der Waals surface area (Å²) < 4.78 is 5.52. The summed E-state index contributed by atoms with van der Waals surface area (Å²) in [4.78, 5) is 4.33. The van der Waals surface area contributed by atoms with Crippen molar-refractivity contribution in [1.29, 1.82) is 0 Å². The van der Waals surface area contributed by atoms with E-state index in [0.717, 1.165) is 41.2 Å². The number of phenolic OH excluding ortho intramolecular Hbond substituents is 1. The van der Waals surface area contributed by atoms with Crippen LogP contribution in [0.15, 0.2) is 17.1 Å². The van der Waals surface area contributed by atoms with Crippen LogP contribution < -0.4 is 4.74 Å². The Balaban J connectivity index is 0.000000613. The molecule has 0 unspecified atom stereocenters. The van der Waals surface area contributed by atoms with Gasteiger partial charge in [-0.15, -0.1) is 0 Å². The minimum atomic E-state index is -0.826. The zero-order valence-corrected chi connectivity index (χ0v) is 19.4. The molecule has 1 aromatic carbocycles. The van der Waals surface area contributed by atoms with Crippen LogP contribution in [-0.2, 0) is 26.3 Å². The molecule has 4 aliphatic carbocycles. The van der Waals surface area contributed by atoms with Crippen molar-refractivity contribution in [3.05, 3.63) is 23.3 Å². The van der Waals surface area contributed by atoms with Gasteiger partial charge in [0.25, 0.3) is 0 Å². The Labute approximate surface area is 175 Å². The van der Waals surface area contributed by atoms with E-state index in [1.54, 1.807) is 13.3 Å². The fourth-order valence-corrected chi connectivity index (χ4v) is 5.88. The Morgan fingerprint density at radius 2 is 1.73 bits per heavy atom. The first-order valence-corrected chi connectivity index (χ1v) is 15.8. The second-order valence-electron chi connectivity index (χ2n) is 8.01. The monoisotopic (exact) mass is 473 g/mol. The van der Waals surface area contributed by atoms with Crippen molar-refractivity contribution in [3.63, 3.8) is 0 Å². The second-order valence-corrected chi connectivity index (χ2v) is 11.7. The topological polar surface area (TPSA) is 41.8 Å². The Hall–Kier alpha value is -0.0469. The third-order valence-corrected chi connectivity index (χ3v) is 6.37. The van der Waals surface area contributed by atoms with Gasteiger partial charge in [-0.05, 0) is 80.8 Å². The van der Waals surface area contributed by atoms with Crippen LogP contribution in [0.1, 0.15) is 56.6 Å². The molecular weight excluding hydrogens is 448 g/mol. The summed E-state index contributed by atoms with van der Waals surface area (Å²) in [5.41, 5.74) is 2.09. The van der Waals surface area contributed by atoms with Crippen molar-refractivity contribution >= 4 is 23.2 Å². The van der Waals surface area contributed by atoms with Crippen LogP contribution in [0.2, 0.25) is 0 Å². The summed E-state index contributed by atoms with van der Waals surface area (Å²) in [5.74, 6) is 3.86. The van der Waals surface area contributed by atoms with Crippen molar-refractivity contribution in [3.8, 4) is 11.5 Å². The normalized spacial score (nSPS) is 31.6. The molecule has 142 valence electrons. The van der Waals surface area contributed by atoms with E-state index in [4.69, 9.17) is 21.8 Å². The van der Waals surface area contributed by atoms with Gasteiger partial charge in [-0.2, -0.15) is 0 Å². The first-order valence-electron chi connectivity index (χ1n) is 9.42. The number of hydrogen-bond donors (Lipinski definition) is 1. The number of aliphatic imine (C=N–C) groups is 1. The minimum absolute atomic E-state index is 0.169. The summed E-state index contributed by atoms with van der Waals surface area (Å²) in [6.45, 7) is 2.73. The molecule has 6 heteroatoms. The summed E-state index contributed by atoms with van der Waals surface area (Å²) in [6.07, 6.45) is 9.75. The van der Waals surface area contributed by atoms with E-state index < -0.39 is 20.8 Å². The predicted molar refractivity (Wildman–Crippen MR) is 104 cm³/mol. The number of methoxy groups -OCH3 is 1. The molecule has 0 amide bonds. The van der Waals surface area contributed by atoms with Crippen LogP contribution in [-0.4, -0.2) is 25.0 Å². The van der Waals surface area contributed by atoms with Gasteiger partial charge in [0.05, 0.1) is 7.11 Å². The fourth-order valence-electron chi connectivity index (χ4n) is 5.88. The summed E-state index contributed by atoms with van der Waals surface area (Å²) in [7, 11) is 11.6. The molecule has 1 N–H and O–H groups in total. The SMILES string of the molecule is CCN=Cc1cc(OC)cc(C23CC4CC(CC(C4)C2)C3)c1O.[Cl][Zr][Cl]. The number of halogens is 2. The zero-order chi connectivity index (χ0) is 18.7.